The Morgan fingerprint density at radius 2 is 2.07 bits per heavy atom. The summed E-state index contributed by atoms with van der Waals surface area (Å²) < 4.78 is 0. The number of amides is 1. The molecule has 0 heterocycles. The van der Waals surface area contributed by atoms with Gasteiger partial charge in [-0.3, -0.25) is 4.79 Å². The van der Waals surface area contributed by atoms with E-state index in [1.165, 1.54) is 0 Å². The standard InChI is InChI=1S/C12H23NO2/c1-6-12(10(14)13(4)5)8-7-9(2)11(12,3)15/h9,15H,6-8H2,1-5H3/t9-,11+,12+/m1/s1. The van der Waals surface area contributed by atoms with Crippen molar-refractivity contribution in [2.24, 2.45) is 11.3 Å². The van der Waals surface area contributed by atoms with Gasteiger partial charge in [0.25, 0.3) is 0 Å². The van der Waals surface area contributed by atoms with Gasteiger partial charge < -0.3 is 10.0 Å². The molecule has 0 aliphatic heterocycles. The van der Waals surface area contributed by atoms with Gasteiger partial charge in [0.15, 0.2) is 0 Å². The third-order valence-electron chi connectivity index (χ3n) is 4.35. The van der Waals surface area contributed by atoms with Gasteiger partial charge in [-0.25, -0.2) is 0 Å². The Labute approximate surface area is 92.5 Å². The first kappa shape index (κ1) is 12.5. The number of hydrogen-bond donors (Lipinski definition) is 1. The van der Waals surface area contributed by atoms with Crippen LogP contribution in [0.5, 0.6) is 0 Å². The van der Waals surface area contributed by atoms with Crippen molar-refractivity contribution in [3.8, 4) is 0 Å². The van der Waals surface area contributed by atoms with Crippen LogP contribution >= 0.6 is 0 Å². The van der Waals surface area contributed by atoms with Crippen LogP contribution in [0.2, 0.25) is 0 Å². The van der Waals surface area contributed by atoms with Crippen molar-refractivity contribution in [1.29, 1.82) is 0 Å². The quantitative estimate of drug-likeness (QED) is 0.757. The monoisotopic (exact) mass is 213 g/mol. The van der Waals surface area contributed by atoms with Crippen LogP contribution in [0.25, 0.3) is 0 Å². The zero-order chi connectivity index (χ0) is 11.9. The largest absolute Gasteiger partial charge is 0.389 e. The van der Waals surface area contributed by atoms with Gasteiger partial charge in [0.1, 0.15) is 0 Å². The van der Waals surface area contributed by atoms with Crippen molar-refractivity contribution in [3.05, 3.63) is 0 Å². The summed E-state index contributed by atoms with van der Waals surface area (Å²) in [7, 11) is 3.53. The van der Waals surface area contributed by atoms with E-state index in [9.17, 15) is 9.90 Å². The van der Waals surface area contributed by atoms with Crippen LogP contribution in [0.15, 0.2) is 0 Å². The summed E-state index contributed by atoms with van der Waals surface area (Å²) in [4.78, 5) is 13.8. The molecular formula is C12H23NO2. The van der Waals surface area contributed by atoms with E-state index >= 15 is 0 Å². The highest BCUT2D eigenvalue weighted by molar-refractivity contribution is 5.84. The average Bonchev–Trinajstić information content (AvgIpc) is 2.39. The number of carbonyl (C=O) groups is 1. The zero-order valence-corrected chi connectivity index (χ0v) is 10.5. The smallest absolute Gasteiger partial charge is 0.231 e. The fraction of sp³-hybridized carbons (Fsp3) is 0.917. The molecule has 0 saturated heterocycles. The second-order valence-corrected chi connectivity index (χ2v) is 5.22. The summed E-state index contributed by atoms with van der Waals surface area (Å²) in [6, 6.07) is 0. The molecule has 1 fully saturated rings. The van der Waals surface area contributed by atoms with E-state index in [1.807, 2.05) is 20.8 Å². The van der Waals surface area contributed by atoms with E-state index < -0.39 is 11.0 Å². The Bertz CT molecular complexity index is 260. The van der Waals surface area contributed by atoms with Crippen molar-refractivity contribution >= 4 is 5.91 Å². The molecule has 88 valence electrons. The van der Waals surface area contributed by atoms with E-state index in [4.69, 9.17) is 0 Å². The molecular weight excluding hydrogens is 190 g/mol. The van der Waals surface area contributed by atoms with Crippen molar-refractivity contribution < 1.29 is 9.90 Å². The summed E-state index contributed by atoms with van der Waals surface area (Å²) in [5, 5.41) is 10.5. The molecule has 0 spiro atoms. The highest BCUT2D eigenvalue weighted by Crippen LogP contribution is 2.52. The Kier molecular flexibility index (Phi) is 3.15. The lowest BCUT2D eigenvalue weighted by atomic mass is 9.70. The zero-order valence-electron chi connectivity index (χ0n) is 10.5. The normalized spacial score (nSPS) is 40.5. The van der Waals surface area contributed by atoms with E-state index in [-0.39, 0.29) is 11.8 Å². The Balaban J connectivity index is 3.11. The lowest BCUT2D eigenvalue weighted by Crippen LogP contribution is -2.53. The molecule has 0 radical (unpaired) electrons. The van der Waals surface area contributed by atoms with E-state index in [1.54, 1.807) is 19.0 Å². The second kappa shape index (κ2) is 3.78. The molecule has 0 aromatic carbocycles. The predicted molar refractivity (Wildman–Crippen MR) is 60.4 cm³/mol. The summed E-state index contributed by atoms with van der Waals surface area (Å²) in [5.41, 5.74) is -1.45. The fourth-order valence-electron chi connectivity index (χ4n) is 2.91. The molecule has 1 aliphatic carbocycles. The van der Waals surface area contributed by atoms with Crippen LogP contribution in [-0.4, -0.2) is 35.6 Å². The summed E-state index contributed by atoms with van der Waals surface area (Å²) in [6.45, 7) is 5.84. The minimum absolute atomic E-state index is 0.0688. The van der Waals surface area contributed by atoms with Crippen LogP contribution in [-0.2, 0) is 4.79 Å². The van der Waals surface area contributed by atoms with E-state index in [0.717, 1.165) is 12.8 Å². The van der Waals surface area contributed by atoms with Gasteiger partial charge in [0.05, 0.1) is 11.0 Å². The lowest BCUT2D eigenvalue weighted by molar-refractivity contribution is -0.157. The van der Waals surface area contributed by atoms with Crippen LogP contribution in [0.3, 0.4) is 0 Å². The number of aliphatic hydroxyl groups is 1. The van der Waals surface area contributed by atoms with Crippen molar-refractivity contribution in [1.82, 2.24) is 4.90 Å². The summed E-state index contributed by atoms with van der Waals surface area (Å²) in [6.07, 6.45) is 2.44. The van der Waals surface area contributed by atoms with Crippen molar-refractivity contribution in [3.63, 3.8) is 0 Å². The minimum atomic E-state index is -0.872. The topological polar surface area (TPSA) is 40.5 Å². The number of rotatable bonds is 2. The molecule has 0 unspecified atom stereocenters. The first-order valence-corrected chi connectivity index (χ1v) is 5.73. The van der Waals surface area contributed by atoms with Crippen LogP contribution < -0.4 is 0 Å². The fourth-order valence-corrected chi connectivity index (χ4v) is 2.91. The number of hydrogen-bond acceptors (Lipinski definition) is 2. The summed E-state index contributed by atoms with van der Waals surface area (Å²) in [5.74, 6) is 0.265. The molecule has 3 nitrogen and oxygen atoms in total. The maximum Gasteiger partial charge on any atom is 0.231 e. The van der Waals surface area contributed by atoms with Gasteiger partial charge >= 0.3 is 0 Å². The Morgan fingerprint density at radius 3 is 2.33 bits per heavy atom. The van der Waals surface area contributed by atoms with Crippen LogP contribution in [0.4, 0.5) is 0 Å². The maximum atomic E-state index is 12.2. The highest BCUT2D eigenvalue weighted by atomic mass is 16.3. The Hall–Kier alpha value is -0.570. The van der Waals surface area contributed by atoms with Gasteiger partial charge in [-0.1, -0.05) is 13.8 Å². The molecule has 15 heavy (non-hydrogen) atoms. The molecule has 3 atom stereocenters. The van der Waals surface area contributed by atoms with Gasteiger partial charge in [-0.2, -0.15) is 0 Å². The van der Waals surface area contributed by atoms with Gasteiger partial charge in [-0.15, -0.1) is 0 Å². The second-order valence-electron chi connectivity index (χ2n) is 5.22. The molecule has 0 bridgehead atoms. The molecule has 1 N–H and O–H groups in total. The molecule has 1 aliphatic rings. The molecule has 1 amide bonds. The predicted octanol–water partition coefficient (Wildman–Crippen LogP) is 1.65. The first-order chi connectivity index (χ1) is 6.79. The lowest BCUT2D eigenvalue weighted by Gasteiger charge is -2.41. The molecule has 1 saturated carbocycles. The van der Waals surface area contributed by atoms with E-state index in [0.29, 0.717) is 6.42 Å². The van der Waals surface area contributed by atoms with Gasteiger partial charge in [-0.05, 0) is 32.1 Å². The molecule has 0 aromatic heterocycles. The van der Waals surface area contributed by atoms with Gasteiger partial charge in [0, 0.05) is 14.1 Å². The molecule has 3 heteroatoms. The van der Waals surface area contributed by atoms with Crippen molar-refractivity contribution in [2.45, 2.75) is 45.6 Å². The third kappa shape index (κ3) is 1.57. The summed E-state index contributed by atoms with van der Waals surface area (Å²) >= 11 is 0. The van der Waals surface area contributed by atoms with Crippen LogP contribution in [0.1, 0.15) is 40.0 Å². The van der Waals surface area contributed by atoms with Crippen LogP contribution in [0, 0.1) is 11.3 Å². The maximum absolute atomic E-state index is 12.2. The number of carbonyl (C=O) groups excluding carboxylic acids is 1. The first-order valence-electron chi connectivity index (χ1n) is 5.73. The molecule has 1 rings (SSSR count). The Morgan fingerprint density at radius 1 is 1.53 bits per heavy atom. The highest BCUT2D eigenvalue weighted by Gasteiger charge is 2.58. The third-order valence-corrected chi connectivity index (χ3v) is 4.35. The average molecular weight is 213 g/mol. The van der Waals surface area contributed by atoms with Crippen molar-refractivity contribution in [2.75, 3.05) is 14.1 Å². The van der Waals surface area contributed by atoms with Gasteiger partial charge in [0.2, 0.25) is 5.91 Å². The number of nitrogens with zero attached hydrogens (tertiary/aromatic N) is 1. The minimum Gasteiger partial charge on any atom is -0.389 e. The molecule has 0 aromatic rings. The van der Waals surface area contributed by atoms with E-state index in [2.05, 4.69) is 0 Å². The SMILES string of the molecule is CC[C@@]1(C(=O)N(C)C)CC[C@@H](C)[C@]1(C)O.